The van der Waals surface area contributed by atoms with Crippen LogP contribution in [0.4, 0.5) is 10.5 Å². The quantitative estimate of drug-likeness (QED) is 0.530. The maximum atomic E-state index is 12.4. The molecule has 1 amide bonds. The molecule has 1 aromatic rings. The van der Waals surface area contributed by atoms with Gasteiger partial charge in [0.25, 0.3) is 0 Å². The van der Waals surface area contributed by atoms with Gasteiger partial charge in [-0.05, 0) is 65.3 Å². The Hall–Kier alpha value is -2.77. The standard InChI is InChI=1S/C23H34N2O6/c1-22(2,3)30-19(26)15-16-14-17(8-9-18(16)20(27)29-7)24-10-12-25(13-11-24)21(28)31-23(4,5)6/h8-9,14H,10-13,15H2,1-7H3. The summed E-state index contributed by atoms with van der Waals surface area (Å²) in [5.74, 6) is -0.913. The molecule has 0 unspecified atom stereocenters. The minimum absolute atomic E-state index is 0.0343. The average molecular weight is 435 g/mol. The van der Waals surface area contributed by atoms with E-state index in [4.69, 9.17) is 14.2 Å². The van der Waals surface area contributed by atoms with Gasteiger partial charge in [0.1, 0.15) is 11.2 Å². The molecule has 31 heavy (non-hydrogen) atoms. The Bertz CT molecular complexity index is 814. The van der Waals surface area contributed by atoms with Crippen molar-refractivity contribution in [3.63, 3.8) is 0 Å². The second-order valence-electron chi connectivity index (χ2n) is 9.55. The molecular formula is C23H34N2O6. The molecule has 172 valence electrons. The smallest absolute Gasteiger partial charge is 0.410 e. The third kappa shape index (κ3) is 7.45. The number of ether oxygens (including phenoxy) is 3. The number of carbonyl (C=O) groups is 3. The van der Waals surface area contributed by atoms with Crippen molar-refractivity contribution in [3.8, 4) is 0 Å². The molecule has 1 saturated heterocycles. The van der Waals surface area contributed by atoms with Crippen LogP contribution in [-0.2, 0) is 25.4 Å². The van der Waals surface area contributed by atoms with Gasteiger partial charge in [-0.25, -0.2) is 9.59 Å². The minimum Gasteiger partial charge on any atom is -0.465 e. The first kappa shape index (κ1) is 24.5. The van der Waals surface area contributed by atoms with E-state index >= 15 is 0 Å². The lowest BCUT2D eigenvalue weighted by atomic mass is 10.0. The average Bonchev–Trinajstić information content (AvgIpc) is 2.64. The molecule has 8 nitrogen and oxygen atoms in total. The number of carbonyl (C=O) groups excluding carboxylic acids is 3. The van der Waals surface area contributed by atoms with Gasteiger partial charge in [-0.1, -0.05) is 0 Å². The summed E-state index contributed by atoms with van der Waals surface area (Å²) >= 11 is 0. The number of amides is 1. The van der Waals surface area contributed by atoms with Crippen LogP contribution in [0.15, 0.2) is 18.2 Å². The lowest BCUT2D eigenvalue weighted by molar-refractivity contribution is -0.153. The van der Waals surface area contributed by atoms with Crippen molar-refractivity contribution in [2.75, 3.05) is 38.2 Å². The predicted molar refractivity (Wildman–Crippen MR) is 117 cm³/mol. The Kier molecular flexibility index (Phi) is 7.57. The molecule has 0 aromatic heterocycles. The minimum atomic E-state index is -0.613. The molecule has 1 aliphatic heterocycles. The Labute approximate surface area is 184 Å². The lowest BCUT2D eigenvalue weighted by Crippen LogP contribution is -2.50. The summed E-state index contributed by atoms with van der Waals surface area (Å²) in [7, 11) is 1.31. The molecule has 1 heterocycles. The van der Waals surface area contributed by atoms with Gasteiger partial charge >= 0.3 is 18.0 Å². The number of benzene rings is 1. The van der Waals surface area contributed by atoms with Gasteiger partial charge in [-0.15, -0.1) is 0 Å². The molecular weight excluding hydrogens is 400 g/mol. The van der Waals surface area contributed by atoms with Gasteiger partial charge in [0.05, 0.1) is 19.1 Å². The zero-order chi connectivity index (χ0) is 23.4. The molecule has 1 fully saturated rings. The number of hydrogen-bond acceptors (Lipinski definition) is 7. The van der Waals surface area contributed by atoms with E-state index in [0.29, 0.717) is 37.3 Å². The first-order valence-corrected chi connectivity index (χ1v) is 10.4. The van der Waals surface area contributed by atoms with Crippen LogP contribution in [-0.4, -0.2) is 67.4 Å². The molecule has 0 bridgehead atoms. The zero-order valence-electron chi connectivity index (χ0n) is 19.6. The van der Waals surface area contributed by atoms with Crippen molar-refractivity contribution in [2.45, 2.75) is 59.2 Å². The second kappa shape index (κ2) is 9.58. The van der Waals surface area contributed by atoms with Gasteiger partial charge in [0, 0.05) is 31.9 Å². The van der Waals surface area contributed by atoms with E-state index in [0.717, 1.165) is 5.69 Å². The molecule has 1 aromatic carbocycles. The third-order valence-electron chi connectivity index (χ3n) is 4.55. The van der Waals surface area contributed by atoms with Crippen LogP contribution in [0.1, 0.15) is 57.5 Å². The summed E-state index contributed by atoms with van der Waals surface area (Å²) < 4.78 is 15.7. The summed E-state index contributed by atoms with van der Waals surface area (Å²) in [6.45, 7) is 13.2. The van der Waals surface area contributed by atoms with E-state index in [2.05, 4.69) is 4.90 Å². The van der Waals surface area contributed by atoms with Crippen molar-refractivity contribution in [3.05, 3.63) is 29.3 Å². The SMILES string of the molecule is COC(=O)c1ccc(N2CCN(C(=O)OC(C)(C)C)CC2)cc1CC(=O)OC(C)(C)C. The fourth-order valence-corrected chi connectivity index (χ4v) is 3.24. The first-order valence-electron chi connectivity index (χ1n) is 10.4. The normalized spacial score (nSPS) is 14.8. The summed E-state index contributed by atoms with van der Waals surface area (Å²) in [6, 6.07) is 5.31. The molecule has 1 aliphatic rings. The number of piperazine rings is 1. The molecule has 2 rings (SSSR count). The van der Waals surface area contributed by atoms with Crippen LogP contribution >= 0.6 is 0 Å². The van der Waals surface area contributed by atoms with Crippen molar-refractivity contribution in [1.82, 2.24) is 4.90 Å². The molecule has 0 N–H and O–H groups in total. The molecule has 0 aliphatic carbocycles. The Morgan fingerprint density at radius 2 is 1.48 bits per heavy atom. The fraction of sp³-hybridized carbons (Fsp3) is 0.609. The van der Waals surface area contributed by atoms with Crippen LogP contribution in [0.5, 0.6) is 0 Å². The van der Waals surface area contributed by atoms with Gasteiger partial charge in [0.2, 0.25) is 0 Å². The van der Waals surface area contributed by atoms with Crippen molar-refractivity contribution in [2.24, 2.45) is 0 Å². The van der Waals surface area contributed by atoms with Gasteiger partial charge in [-0.3, -0.25) is 4.79 Å². The van der Waals surface area contributed by atoms with Crippen LogP contribution in [0.3, 0.4) is 0 Å². The molecule has 0 spiro atoms. The highest BCUT2D eigenvalue weighted by atomic mass is 16.6. The van der Waals surface area contributed by atoms with E-state index < -0.39 is 23.1 Å². The van der Waals surface area contributed by atoms with Crippen molar-refractivity contribution in [1.29, 1.82) is 0 Å². The summed E-state index contributed by atoms with van der Waals surface area (Å²) in [5.41, 5.74) is 0.611. The Morgan fingerprint density at radius 3 is 2.00 bits per heavy atom. The van der Waals surface area contributed by atoms with Crippen molar-refractivity contribution < 1.29 is 28.6 Å². The largest absolute Gasteiger partial charge is 0.465 e. The first-order chi connectivity index (χ1) is 14.3. The zero-order valence-corrected chi connectivity index (χ0v) is 19.6. The van der Waals surface area contributed by atoms with Crippen LogP contribution in [0, 0.1) is 0 Å². The Balaban J connectivity index is 2.14. The fourth-order valence-electron chi connectivity index (χ4n) is 3.24. The predicted octanol–water partition coefficient (Wildman–Crippen LogP) is 3.41. The van der Waals surface area contributed by atoms with Crippen LogP contribution in [0.2, 0.25) is 0 Å². The highest BCUT2D eigenvalue weighted by Crippen LogP contribution is 2.24. The van der Waals surface area contributed by atoms with Crippen LogP contribution in [0.25, 0.3) is 0 Å². The maximum absolute atomic E-state index is 12.4. The molecule has 0 atom stereocenters. The lowest BCUT2D eigenvalue weighted by Gasteiger charge is -2.37. The Morgan fingerprint density at radius 1 is 0.903 bits per heavy atom. The molecule has 8 heteroatoms. The van der Waals surface area contributed by atoms with Gasteiger partial charge < -0.3 is 24.0 Å². The number of anilines is 1. The van der Waals surface area contributed by atoms with E-state index in [1.54, 1.807) is 31.7 Å². The van der Waals surface area contributed by atoms with E-state index in [1.165, 1.54) is 7.11 Å². The van der Waals surface area contributed by atoms with Crippen LogP contribution < -0.4 is 4.90 Å². The van der Waals surface area contributed by atoms with Gasteiger partial charge in [-0.2, -0.15) is 0 Å². The topological polar surface area (TPSA) is 85.4 Å². The number of rotatable bonds is 4. The summed E-state index contributed by atoms with van der Waals surface area (Å²) in [4.78, 5) is 40.6. The molecule has 0 radical (unpaired) electrons. The van der Waals surface area contributed by atoms with E-state index in [1.807, 2.05) is 32.9 Å². The molecule has 0 saturated carbocycles. The number of nitrogens with zero attached hydrogens (tertiary/aromatic N) is 2. The maximum Gasteiger partial charge on any atom is 0.410 e. The summed E-state index contributed by atoms with van der Waals surface area (Å²) in [5, 5.41) is 0. The monoisotopic (exact) mass is 434 g/mol. The van der Waals surface area contributed by atoms with E-state index in [-0.39, 0.29) is 12.5 Å². The number of hydrogen-bond donors (Lipinski definition) is 0. The highest BCUT2D eigenvalue weighted by molar-refractivity contribution is 5.93. The number of esters is 2. The second-order valence-corrected chi connectivity index (χ2v) is 9.55. The third-order valence-corrected chi connectivity index (χ3v) is 4.55. The number of methoxy groups -OCH3 is 1. The van der Waals surface area contributed by atoms with E-state index in [9.17, 15) is 14.4 Å². The highest BCUT2D eigenvalue weighted by Gasteiger charge is 2.27. The summed E-state index contributed by atoms with van der Waals surface area (Å²) in [6.07, 6.45) is -0.355. The van der Waals surface area contributed by atoms with Crippen molar-refractivity contribution >= 4 is 23.7 Å². The van der Waals surface area contributed by atoms with Gasteiger partial charge in [0.15, 0.2) is 0 Å².